The van der Waals surface area contributed by atoms with E-state index in [1.165, 1.54) is 0 Å². The van der Waals surface area contributed by atoms with E-state index in [-0.39, 0.29) is 5.69 Å². The molecule has 1 N–H and O–H groups in total. The van der Waals surface area contributed by atoms with Gasteiger partial charge in [0.05, 0.1) is 5.69 Å². The molecule has 0 saturated carbocycles. The predicted molar refractivity (Wildman–Crippen MR) is 81.2 cm³/mol. The Kier molecular flexibility index (Phi) is 4.47. The molecule has 2 aromatic rings. The smallest absolute Gasteiger partial charge is 0.334 e. The lowest BCUT2D eigenvalue weighted by Gasteiger charge is -2.21. The van der Waals surface area contributed by atoms with Crippen molar-refractivity contribution in [3.63, 3.8) is 0 Å². The number of benzene rings is 1. The SMILES string of the molecule is CCN(CC)c1ccc(-n2c(=O)[nH]c(Cl)c(F)c2=O)cc1. The predicted octanol–water partition coefficient (Wildman–Crippen LogP) is 2.16. The third-order valence-electron chi connectivity index (χ3n) is 3.24. The van der Waals surface area contributed by atoms with Crippen molar-refractivity contribution in [1.29, 1.82) is 0 Å². The fraction of sp³-hybridized carbons (Fsp3) is 0.286. The van der Waals surface area contributed by atoms with Gasteiger partial charge in [0, 0.05) is 18.8 Å². The van der Waals surface area contributed by atoms with Gasteiger partial charge in [-0.1, -0.05) is 11.6 Å². The van der Waals surface area contributed by atoms with E-state index in [0.717, 1.165) is 18.8 Å². The first-order valence-corrected chi connectivity index (χ1v) is 6.93. The Morgan fingerprint density at radius 3 is 2.29 bits per heavy atom. The summed E-state index contributed by atoms with van der Waals surface area (Å²) >= 11 is 5.43. The second-order valence-corrected chi connectivity index (χ2v) is 4.77. The zero-order chi connectivity index (χ0) is 15.6. The van der Waals surface area contributed by atoms with Crippen molar-refractivity contribution in [2.75, 3.05) is 18.0 Å². The third kappa shape index (κ3) is 2.85. The number of nitrogens with zero attached hydrogens (tertiary/aromatic N) is 2. The zero-order valence-electron chi connectivity index (χ0n) is 11.7. The molecule has 7 heteroatoms. The molecule has 0 atom stereocenters. The van der Waals surface area contributed by atoms with Gasteiger partial charge >= 0.3 is 5.69 Å². The normalized spacial score (nSPS) is 10.7. The van der Waals surface area contributed by atoms with E-state index in [1.807, 2.05) is 13.8 Å². The summed E-state index contributed by atoms with van der Waals surface area (Å²) in [6.45, 7) is 5.74. The molecular formula is C14H15ClFN3O2. The fourth-order valence-electron chi connectivity index (χ4n) is 2.12. The number of halogens is 2. The van der Waals surface area contributed by atoms with Crippen LogP contribution in [0.4, 0.5) is 10.1 Å². The minimum atomic E-state index is -1.18. The summed E-state index contributed by atoms with van der Waals surface area (Å²) in [4.78, 5) is 27.8. The van der Waals surface area contributed by atoms with Gasteiger partial charge in [-0.15, -0.1) is 0 Å². The zero-order valence-corrected chi connectivity index (χ0v) is 12.4. The highest BCUT2D eigenvalue weighted by atomic mass is 35.5. The number of aromatic amines is 1. The van der Waals surface area contributed by atoms with E-state index in [9.17, 15) is 14.0 Å². The van der Waals surface area contributed by atoms with Crippen molar-refractivity contribution in [1.82, 2.24) is 9.55 Å². The second-order valence-electron chi connectivity index (χ2n) is 4.39. The van der Waals surface area contributed by atoms with Crippen molar-refractivity contribution in [2.24, 2.45) is 0 Å². The maximum atomic E-state index is 13.5. The first kappa shape index (κ1) is 15.3. The molecule has 0 saturated heterocycles. The minimum Gasteiger partial charge on any atom is -0.372 e. The summed E-state index contributed by atoms with van der Waals surface area (Å²) in [6.07, 6.45) is 0. The standard InChI is InChI=1S/C14H15ClFN3O2/c1-3-18(4-2)9-5-7-10(8-6-9)19-13(20)11(16)12(15)17-14(19)21/h5-8H,3-4H2,1-2H3,(H,17,21). The Balaban J connectivity index is 2.52. The van der Waals surface area contributed by atoms with Crippen LogP contribution in [0.25, 0.3) is 5.69 Å². The molecule has 0 aliphatic heterocycles. The van der Waals surface area contributed by atoms with Crippen LogP contribution >= 0.6 is 11.6 Å². The van der Waals surface area contributed by atoms with Gasteiger partial charge in [0.1, 0.15) is 0 Å². The van der Waals surface area contributed by atoms with Crippen LogP contribution in [-0.4, -0.2) is 22.6 Å². The van der Waals surface area contributed by atoms with Gasteiger partial charge in [-0.25, -0.2) is 9.36 Å². The van der Waals surface area contributed by atoms with Gasteiger partial charge in [-0.3, -0.25) is 9.78 Å². The monoisotopic (exact) mass is 311 g/mol. The lowest BCUT2D eigenvalue weighted by atomic mass is 10.2. The number of hydrogen-bond donors (Lipinski definition) is 1. The van der Waals surface area contributed by atoms with Crippen LogP contribution in [0.1, 0.15) is 13.8 Å². The quantitative estimate of drug-likeness (QED) is 0.880. The first-order valence-electron chi connectivity index (χ1n) is 6.55. The highest BCUT2D eigenvalue weighted by Gasteiger charge is 2.13. The molecule has 112 valence electrons. The van der Waals surface area contributed by atoms with Gasteiger partial charge in [0.2, 0.25) is 5.82 Å². The first-order chi connectivity index (χ1) is 9.99. The minimum absolute atomic E-state index is 0.285. The van der Waals surface area contributed by atoms with Crippen LogP contribution < -0.4 is 16.1 Å². The molecular weight excluding hydrogens is 297 g/mol. The molecule has 0 bridgehead atoms. The Bertz CT molecular complexity index is 748. The highest BCUT2D eigenvalue weighted by molar-refractivity contribution is 6.29. The molecule has 1 heterocycles. The number of H-pyrrole nitrogens is 1. The van der Waals surface area contributed by atoms with Crippen molar-refractivity contribution < 1.29 is 4.39 Å². The van der Waals surface area contributed by atoms with Crippen LogP contribution in [0, 0.1) is 5.82 Å². The van der Waals surface area contributed by atoms with E-state index in [2.05, 4.69) is 9.88 Å². The Hall–Kier alpha value is -2.08. The Labute approximate surface area is 125 Å². The van der Waals surface area contributed by atoms with Crippen LogP contribution in [0.15, 0.2) is 33.9 Å². The van der Waals surface area contributed by atoms with Crippen LogP contribution in [0.3, 0.4) is 0 Å². The lowest BCUT2D eigenvalue weighted by Crippen LogP contribution is -2.35. The highest BCUT2D eigenvalue weighted by Crippen LogP contribution is 2.16. The largest absolute Gasteiger partial charge is 0.372 e. The Morgan fingerprint density at radius 1 is 1.19 bits per heavy atom. The molecule has 0 unspecified atom stereocenters. The molecule has 5 nitrogen and oxygen atoms in total. The van der Waals surface area contributed by atoms with Gasteiger partial charge in [0.15, 0.2) is 5.15 Å². The van der Waals surface area contributed by atoms with Gasteiger partial charge in [-0.2, -0.15) is 4.39 Å². The van der Waals surface area contributed by atoms with Crippen molar-refractivity contribution in [3.8, 4) is 5.69 Å². The summed E-state index contributed by atoms with van der Waals surface area (Å²) in [7, 11) is 0. The van der Waals surface area contributed by atoms with E-state index in [0.29, 0.717) is 4.57 Å². The summed E-state index contributed by atoms with van der Waals surface area (Å²) in [5, 5.41) is -0.582. The summed E-state index contributed by atoms with van der Waals surface area (Å²) in [6, 6.07) is 6.75. The fourth-order valence-corrected chi connectivity index (χ4v) is 2.29. The molecule has 0 amide bonds. The maximum Gasteiger partial charge on any atom is 0.334 e. The van der Waals surface area contributed by atoms with Crippen molar-refractivity contribution in [3.05, 3.63) is 56.1 Å². The topological polar surface area (TPSA) is 58.1 Å². The van der Waals surface area contributed by atoms with Crippen LogP contribution in [0.2, 0.25) is 5.15 Å². The van der Waals surface area contributed by atoms with E-state index >= 15 is 0 Å². The molecule has 1 aromatic heterocycles. The third-order valence-corrected chi connectivity index (χ3v) is 3.50. The molecule has 0 radical (unpaired) electrons. The average Bonchev–Trinajstić information content (AvgIpc) is 2.48. The van der Waals surface area contributed by atoms with E-state index in [1.54, 1.807) is 24.3 Å². The van der Waals surface area contributed by atoms with Crippen LogP contribution in [0.5, 0.6) is 0 Å². The van der Waals surface area contributed by atoms with E-state index < -0.39 is 22.2 Å². The summed E-state index contributed by atoms with van der Waals surface area (Å²) < 4.78 is 14.2. The van der Waals surface area contributed by atoms with E-state index in [4.69, 9.17) is 11.6 Å². The number of hydrogen-bond acceptors (Lipinski definition) is 3. The van der Waals surface area contributed by atoms with Gasteiger partial charge in [0.25, 0.3) is 5.56 Å². The van der Waals surface area contributed by atoms with Gasteiger partial charge < -0.3 is 4.90 Å². The molecule has 1 aromatic carbocycles. The summed E-state index contributed by atoms with van der Waals surface area (Å²) in [5.74, 6) is -1.18. The van der Waals surface area contributed by atoms with Gasteiger partial charge in [-0.05, 0) is 38.1 Å². The van der Waals surface area contributed by atoms with Crippen LogP contribution in [-0.2, 0) is 0 Å². The molecule has 0 fully saturated rings. The number of rotatable bonds is 4. The van der Waals surface area contributed by atoms with Crippen molar-refractivity contribution >= 4 is 17.3 Å². The number of nitrogens with one attached hydrogen (secondary N) is 1. The van der Waals surface area contributed by atoms with Crippen molar-refractivity contribution in [2.45, 2.75) is 13.8 Å². The molecule has 0 aliphatic rings. The Morgan fingerprint density at radius 2 is 1.76 bits per heavy atom. The molecule has 2 rings (SSSR count). The summed E-state index contributed by atoms with van der Waals surface area (Å²) in [5.41, 5.74) is -0.600. The average molecular weight is 312 g/mol. The number of anilines is 1. The maximum absolute atomic E-state index is 13.5. The molecule has 0 aliphatic carbocycles. The second kappa shape index (κ2) is 6.13. The lowest BCUT2D eigenvalue weighted by molar-refractivity contribution is 0.584. The molecule has 0 spiro atoms. The number of aromatic nitrogens is 2. The molecule has 21 heavy (non-hydrogen) atoms.